The molecular weight excluding hydrogens is 394 g/mol. The van der Waals surface area contributed by atoms with E-state index in [1.807, 2.05) is 0 Å². The zero-order valence-corrected chi connectivity index (χ0v) is 20.5. The van der Waals surface area contributed by atoms with Gasteiger partial charge in [-0.05, 0) is 73.1 Å². The summed E-state index contributed by atoms with van der Waals surface area (Å²) in [4.78, 5) is 22.1. The van der Waals surface area contributed by atoms with Gasteiger partial charge in [0, 0.05) is 18.4 Å². The van der Waals surface area contributed by atoms with Gasteiger partial charge < -0.3 is 10.4 Å². The van der Waals surface area contributed by atoms with E-state index in [4.69, 9.17) is 5.11 Å². The van der Waals surface area contributed by atoms with Gasteiger partial charge in [0.05, 0.1) is 0 Å². The molecule has 0 aliphatic carbocycles. The highest BCUT2D eigenvalue weighted by atomic mass is 32.2. The third-order valence-corrected chi connectivity index (χ3v) is 5.64. The number of aliphatic carboxylic acids is 1. The highest BCUT2D eigenvalue weighted by Gasteiger charge is 2.17. The molecule has 0 aliphatic heterocycles. The van der Waals surface area contributed by atoms with Crippen molar-refractivity contribution >= 4 is 23.6 Å². The van der Waals surface area contributed by atoms with Gasteiger partial charge in [-0.3, -0.25) is 4.79 Å². The fourth-order valence-electron chi connectivity index (χ4n) is 2.79. The van der Waals surface area contributed by atoms with Crippen molar-refractivity contribution < 1.29 is 14.7 Å². The molecule has 4 nitrogen and oxygen atoms in total. The van der Waals surface area contributed by atoms with Crippen LogP contribution in [0.2, 0.25) is 0 Å². The highest BCUT2D eigenvalue weighted by molar-refractivity contribution is 7.99. The van der Waals surface area contributed by atoms with Crippen molar-refractivity contribution in [2.45, 2.75) is 86.1 Å². The van der Waals surface area contributed by atoms with Crippen LogP contribution in [0.1, 0.15) is 80.1 Å². The maximum Gasteiger partial charge on any atom is 0.327 e. The lowest BCUT2D eigenvalue weighted by molar-refractivity contribution is -0.140. The molecule has 0 rings (SSSR count). The normalized spacial score (nSPS) is 13.7. The van der Waals surface area contributed by atoms with Gasteiger partial charge in [-0.1, -0.05) is 46.6 Å². The van der Waals surface area contributed by atoms with Crippen LogP contribution >= 0.6 is 11.8 Å². The SMILES string of the molecule is CC(=O)N[C@H](CSCC=C(C)CCC=C(C)CCC=C(C)CCC=C(C)C)C(=O)O. The fourth-order valence-corrected chi connectivity index (χ4v) is 3.79. The first kappa shape index (κ1) is 28.2. The minimum absolute atomic E-state index is 0.314. The Morgan fingerprint density at radius 2 is 1.27 bits per heavy atom. The van der Waals surface area contributed by atoms with Crippen LogP contribution in [0.15, 0.2) is 46.6 Å². The second-order valence-corrected chi connectivity index (χ2v) is 9.25. The van der Waals surface area contributed by atoms with Crippen LogP contribution in [0.5, 0.6) is 0 Å². The van der Waals surface area contributed by atoms with E-state index in [-0.39, 0.29) is 5.91 Å². The summed E-state index contributed by atoms with van der Waals surface area (Å²) in [5, 5.41) is 11.6. The summed E-state index contributed by atoms with van der Waals surface area (Å²) >= 11 is 1.52. The van der Waals surface area contributed by atoms with Crippen LogP contribution in [0.4, 0.5) is 0 Å². The largest absolute Gasteiger partial charge is 0.480 e. The monoisotopic (exact) mass is 435 g/mol. The number of rotatable bonds is 15. The minimum Gasteiger partial charge on any atom is -0.480 e. The predicted molar refractivity (Wildman–Crippen MR) is 131 cm³/mol. The van der Waals surface area contributed by atoms with Gasteiger partial charge in [0.15, 0.2) is 0 Å². The van der Waals surface area contributed by atoms with E-state index >= 15 is 0 Å². The molecular formula is C25H41NO3S. The van der Waals surface area contributed by atoms with Crippen molar-refractivity contribution in [2.75, 3.05) is 11.5 Å². The lowest BCUT2D eigenvalue weighted by Crippen LogP contribution is -2.41. The molecule has 1 amide bonds. The minimum atomic E-state index is -0.989. The van der Waals surface area contributed by atoms with E-state index < -0.39 is 12.0 Å². The van der Waals surface area contributed by atoms with Gasteiger partial charge in [0.1, 0.15) is 6.04 Å². The molecule has 0 spiro atoms. The number of nitrogens with one attached hydrogen (secondary N) is 1. The van der Waals surface area contributed by atoms with Crippen LogP contribution in [-0.2, 0) is 9.59 Å². The first-order chi connectivity index (χ1) is 14.1. The molecule has 0 unspecified atom stereocenters. The first-order valence-corrected chi connectivity index (χ1v) is 11.9. The Bertz CT molecular complexity index is 655. The van der Waals surface area contributed by atoms with E-state index in [2.05, 4.69) is 64.2 Å². The average Bonchev–Trinajstić information content (AvgIpc) is 2.63. The van der Waals surface area contributed by atoms with Gasteiger partial charge in [-0.15, -0.1) is 0 Å². The number of carbonyl (C=O) groups is 2. The molecule has 0 aromatic carbocycles. The number of carbonyl (C=O) groups excluding carboxylic acids is 1. The van der Waals surface area contributed by atoms with Gasteiger partial charge in [-0.25, -0.2) is 4.79 Å². The van der Waals surface area contributed by atoms with E-state index in [0.29, 0.717) is 5.75 Å². The van der Waals surface area contributed by atoms with Gasteiger partial charge >= 0.3 is 5.97 Å². The summed E-state index contributed by atoms with van der Waals surface area (Å²) in [5.74, 6) is -0.170. The summed E-state index contributed by atoms with van der Waals surface area (Å²) < 4.78 is 0. The standard InChI is InChI=1S/C25H41NO3S/c1-19(2)10-7-11-20(3)12-8-13-21(4)14-9-15-22(5)16-17-30-18-24(25(28)29)26-23(6)27/h10,12,14,16,24H,7-9,11,13,15,17-18H2,1-6H3,(H,26,27)(H,28,29)/t24-/m1/s1. The van der Waals surface area contributed by atoms with Crippen molar-refractivity contribution in [2.24, 2.45) is 0 Å². The number of thioether (sulfide) groups is 1. The number of amides is 1. The summed E-state index contributed by atoms with van der Waals surface area (Å²) in [6.45, 7) is 12.2. The Kier molecular flexibility index (Phi) is 16.0. The zero-order valence-electron chi connectivity index (χ0n) is 19.7. The molecule has 0 fully saturated rings. The molecule has 2 N–H and O–H groups in total. The van der Waals surface area contributed by atoms with Crippen molar-refractivity contribution in [3.63, 3.8) is 0 Å². The molecule has 0 aliphatic rings. The van der Waals surface area contributed by atoms with Gasteiger partial charge in [0.2, 0.25) is 5.91 Å². The Morgan fingerprint density at radius 1 is 0.800 bits per heavy atom. The van der Waals surface area contributed by atoms with E-state index in [1.165, 1.54) is 41.0 Å². The molecule has 5 heteroatoms. The van der Waals surface area contributed by atoms with Crippen LogP contribution in [0, 0.1) is 0 Å². The van der Waals surface area contributed by atoms with Crippen molar-refractivity contribution in [1.82, 2.24) is 5.32 Å². The van der Waals surface area contributed by atoms with Crippen LogP contribution in [0.25, 0.3) is 0 Å². The molecule has 1 atom stereocenters. The van der Waals surface area contributed by atoms with Gasteiger partial charge in [0.25, 0.3) is 0 Å². The van der Waals surface area contributed by atoms with E-state index in [1.54, 1.807) is 0 Å². The predicted octanol–water partition coefficient (Wildman–Crippen LogP) is 6.45. The van der Waals surface area contributed by atoms with Crippen molar-refractivity contribution in [3.8, 4) is 0 Å². The van der Waals surface area contributed by atoms with E-state index in [9.17, 15) is 9.59 Å². The molecule has 0 aromatic rings. The molecule has 0 aromatic heterocycles. The van der Waals surface area contributed by atoms with Gasteiger partial charge in [-0.2, -0.15) is 11.8 Å². The lowest BCUT2D eigenvalue weighted by atomic mass is 10.0. The summed E-state index contributed by atoms with van der Waals surface area (Å²) in [5.41, 5.74) is 5.61. The number of allylic oxidation sites excluding steroid dienone is 7. The number of hydrogen-bond acceptors (Lipinski definition) is 3. The molecule has 0 bridgehead atoms. The smallest absolute Gasteiger partial charge is 0.327 e. The van der Waals surface area contributed by atoms with Crippen molar-refractivity contribution in [1.29, 1.82) is 0 Å². The summed E-state index contributed by atoms with van der Waals surface area (Å²) in [6, 6.07) is -0.822. The lowest BCUT2D eigenvalue weighted by Gasteiger charge is -2.12. The van der Waals surface area contributed by atoms with Crippen LogP contribution < -0.4 is 5.32 Å². The third kappa shape index (κ3) is 17.1. The number of hydrogen-bond donors (Lipinski definition) is 2. The molecule has 30 heavy (non-hydrogen) atoms. The second kappa shape index (κ2) is 17.0. The Hall–Kier alpha value is -1.75. The third-order valence-electron chi connectivity index (χ3n) is 4.66. The van der Waals surface area contributed by atoms with Crippen molar-refractivity contribution in [3.05, 3.63) is 46.6 Å². The van der Waals surface area contributed by atoms with Crippen LogP contribution in [-0.4, -0.2) is 34.5 Å². The maximum atomic E-state index is 11.1. The van der Waals surface area contributed by atoms with Crippen LogP contribution in [0.3, 0.4) is 0 Å². The molecule has 0 saturated heterocycles. The number of carboxylic acid groups (broad SMARTS) is 1. The Labute approximate surface area is 188 Å². The second-order valence-electron chi connectivity index (χ2n) is 8.18. The maximum absolute atomic E-state index is 11.1. The molecule has 0 radical (unpaired) electrons. The Balaban J connectivity index is 4.12. The highest BCUT2D eigenvalue weighted by Crippen LogP contribution is 2.14. The first-order valence-electron chi connectivity index (χ1n) is 10.8. The molecule has 170 valence electrons. The summed E-state index contributed by atoms with van der Waals surface area (Å²) in [7, 11) is 0. The fraction of sp³-hybridized carbons (Fsp3) is 0.600. The summed E-state index contributed by atoms with van der Waals surface area (Å²) in [6.07, 6.45) is 15.7. The molecule has 0 heterocycles. The Morgan fingerprint density at radius 3 is 1.70 bits per heavy atom. The molecule has 0 saturated carbocycles. The zero-order chi connectivity index (χ0) is 22.9. The number of carboxylic acids is 1. The average molecular weight is 436 g/mol. The topological polar surface area (TPSA) is 66.4 Å². The van der Waals surface area contributed by atoms with E-state index in [0.717, 1.165) is 44.3 Å². The quantitative estimate of drug-likeness (QED) is 0.229.